The van der Waals surface area contributed by atoms with Crippen LogP contribution in [0.15, 0.2) is 42.7 Å². The number of aryl methyl sites for hydroxylation is 2. The smallest absolute Gasteiger partial charge is 0.0925 e. The van der Waals surface area contributed by atoms with Crippen molar-refractivity contribution in [2.45, 2.75) is 51.4 Å². The topological polar surface area (TPSA) is 61.8 Å². The Morgan fingerprint density at radius 1 is 1.13 bits per heavy atom. The molecule has 4 heterocycles. The second-order valence-electron chi connectivity index (χ2n) is 8.04. The van der Waals surface area contributed by atoms with Gasteiger partial charge in [-0.2, -0.15) is 5.10 Å². The lowest BCUT2D eigenvalue weighted by Crippen LogP contribution is -2.33. The van der Waals surface area contributed by atoms with Crippen molar-refractivity contribution in [3.8, 4) is 0 Å². The molecule has 0 saturated heterocycles. The minimum atomic E-state index is 0. The number of hydrogen-bond donors (Lipinski definition) is 2. The number of nitrogens with zero attached hydrogens (tertiary/aromatic N) is 4. The summed E-state index contributed by atoms with van der Waals surface area (Å²) in [5, 5.41) is 8.36. The van der Waals surface area contributed by atoms with Gasteiger partial charge in [-0.25, -0.2) is 4.98 Å². The van der Waals surface area contributed by atoms with E-state index in [4.69, 9.17) is 5.10 Å². The Balaban J connectivity index is 0.00000128. The minimum Gasteiger partial charge on any atom is -0.347 e. The first-order valence-electron chi connectivity index (χ1n) is 10.4. The first kappa shape index (κ1) is 22.8. The average Bonchev–Trinajstić information content (AvgIpc) is 3.28. The second kappa shape index (κ2) is 10.4. The summed E-state index contributed by atoms with van der Waals surface area (Å²) in [5.74, 6) is 0.470. The molecule has 5 rings (SSSR count). The molecule has 2 N–H and O–H groups in total. The van der Waals surface area contributed by atoms with Crippen LogP contribution < -0.4 is 5.32 Å². The first-order chi connectivity index (χ1) is 13.8. The van der Waals surface area contributed by atoms with Gasteiger partial charge in [-0.1, -0.05) is 30.3 Å². The van der Waals surface area contributed by atoms with Gasteiger partial charge in [0.2, 0.25) is 0 Å². The van der Waals surface area contributed by atoms with Gasteiger partial charge in [0, 0.05) is 38.6 Å². The number of H-pyrrole nitrogens is 1. The SMILES string of the molecule is Cl.Cl.c1ccc(CCC2CN(Cc3cc4n(n3)CCCNC4)Cc3[nH]cnc32)cc1. The van der Waals surface area contributed by atoms with Crippen molar-refractivity contribution in [2.75, 3.05) is 13.1 Å². The number of imidazole rings is 1. The number of nitrogens with one attached hydrogen (secondary N) is 2. The molecular weight excluding hydrogens is 419 g/mol. The molecule has 0 spiro atoms. The molecule has 0 fully saturated rings. The molecular formula is C22H30Cl2N6. The van der Waals surface area contributed by atoms with Gasteiger partial charge in [0.15, 0.2) is 0 Å². The van der Waals surface area contributed by atoms with Gasteiger partial charge in [0.1, 0.15) is 0 Å². The zero-order valence-corrected chi connectivity index (χ0v) is 18.7. The molecule has 2 aliphatic heterocycles. The molecule has 162 valence electrons. The van der Waals surface area contributed by atoms with E-state index in [9.17, 15) is 0 Å². The Bertz CT molecular complexity index is 899. The second-order valence-corrected chi connectivity index (χ2v) is 8.04. The summed E-state index contributed by atoms with van der Waals surface area (Å²) in [7, 11) is 0. The molecule has 8 heteroatoms. The molecule has 6 nitrogen and oxygen atoms in total. The third-order valence-corrected chi connectivity index (χ3v) is 5.95. The van der Waals surface area contributed by atoms with Crippen LogP contribution >= 0.6 is 24.8 Å². The van der Waals surface area contributed by atoms with Gasteiger partial charge in [-0.05, 0) is 37.4 Å². The van der Waals surface area contributed by atoms with E-state index >= 15 is 0 Å². The van der Waals surface area contributed by atoms with E-state index in [1.165, 1.54) is 28.3 Å². The van der Waals surface area contributed by atoms with Crippen molar-refractivity contribution in [1.82, 2.24) is 30.0 Å². The number of halogens is 2. The third kappa shape index (κ3) is 5.06. The Morgan fingerprint density at radius 3 is 2.87 bits per heavy atom. The largest absolute Gasteiger partial charge is 0.347 e. The zero-order chi connectivity index (χ0) is 18.8. The molecule has 1 unspecified atom stereocenters. The Morgan fingerprint density at radius 2 is 2.00 bits per heavy atom. The number of benzene rings is 1. The normalized spacial score (nSPS) is 18.5. The van der Waals surface area contributed by atoms with Gasteiger partial charge in [0.25, 0.3) is 0 Å². The van der Waals surface area contributed by atoms with Crippen molar-refractivity contribution in [1.29, 1.82) is 0 Å². The zero-order valence-electron chi connectivity index (χ0n) is 17.1. The molecule has 0 amide bonds. The maximum absolute atomic E-state index is 4.88. The van der Waals surface area contributed by atoms with Crippen LogP contribution in [0, 0.1) is 0 Å². The predicted octanol–water partition coefficient (Wildman–Crippen LogP) is 3.68. The molecule has 1 atom stereocenters. The van der Waals surface area contributed by atoms with Crippen molar-refractivity contribution >= 4 is 24.8 Å². The molecule has 2 aliphatic rings. The first-order valence-corrected chi connectivity index (χ1v) is 10.4. The number of rotatable bonds is 5. The highest BCUT2D eigenvalue weighted by Crippen LogP contribution is 2.30. The number of hydrogen-bond acceptors (Lipinski definition) is 4. The molecule has 0 radical (unpaired) electrons. The summed E-state index contributed by atoms with van der Waals surface area (Å²) in [5.41, 5.74) is 6.43. The van der Waals surface area contributed by atoms with E-state index in [1.54, 1.807) is 0 Å². The van der Waals surface area contributed by atoms with Crippen LogP contribution in [0.2, 0.25) is 0 Å². The van der Waals surface area contributed by atoms with Gasteiger partial charge < -0.3 is 10.3 Å². The van der Waals surface area contributed by atoms with E-state index in [0.717, 1.165) is 58.5 Å². The fraction of sp³-hybridized carbons (Fsp3) is 0.455. The summed E-state index contributed by atoms with van der Waals surface area (Å²) >= 11 is 0. The molecule has 30 heavy (non-hydrogen) atoms. The maximum atomic E-state index is 4.88. The van der Waals surface area contributed by atoms with E-state index < -0.39 is 0 Å². The highest BCUT2D eigenvalue weighted by Gasteiger charge is 2.28. The Hall–Kier alpha value is -1.86. The van der Waals surface area contributed by atoms with Crippen molar-refractivity contribution in [2.24, 2.45) is 0 Å². The minimum absolute atomic E-state index is 0. The molecule has 0 saturated carbocycles. The lowest BCUT2D eigenvalue weighted by Gasteiger charge is -2.31. The lowest BCUT2D eigenvalue weighted by molar-refractivity contribution is 0.210. The van der Waals surface area contributed by atoms with Crippen LogP contribution in [-0.2, 0) is 32.6 Å². The summed E-state index contributed by atoms with van der Waals surface area (Å²) in [4.78, 5) is 10.5. The summed E-state index contributed by atoms with van der Waals surface area (Å²) in [6.45, 7) is 5.91. The summed E-state index contributed by atoms with van der Waals surface area (Å²) in [6, 6.07) is 13.1. The highest BCUT2D eigenvalue weighted by molar-refractivity contribution is 5.85. The van der Waals surface area contributed by atoms with Crippen molar-refractivity contribution in [3.63, 3.8) is 0 Å². The van der Waals surface area contributed by atoms with Crippen LogP contribution in [0.25, 0.3) is 0 Å². The van der Waals surface area contributed by atoms with Crippen LogP contribution in [0.5, 0.6) is 0 Å². The summed E-state index contributed by atoms with van der Waals surface area (Å²) in [6.07, 6.45) is 5.23. The van der Waals surface area contributed by atoms with Gasteiger partial charge in [0.05, 0.1) is 29.1 Å². The van der Waals surface area contributed by atoms with E-state index in [2.05, 4.69) is 61.3 Å². The summed E-state index contributed by atoms with van der Waals surface area (Å²) < 4.78 is 2.19. The monoisotopic (exact) mass is 448 g/mol. The Labute approximate surface area is 190 Å². The van der Waals surface area contributed by atoms with Crippen LogP contribution in [0.1, 0.15) is 47.1 Å². The van der Waals surface area contributed by atoms with Crippen LogP contribution in [-0.4, -0.2) is 37.7 Å². The average molecular weight is 449 g/mol. The van der Waals surface area contributed by atoms with Gasteiger partial charge in [-0.3, -0.25) is 9.58 Å². The van der Waals surface area contributed by atoms with Gasteiger partial charge >= 0.3 is 0 Å². The molecule has 1 aromatic carbocycles. The molecule has 0 bridgehead atoms. The number of aromatic nitrogens is 4. The number of aromatic amines is 1. The Kier molecular flexibility index (Phi) is 7.94. The quantitative estimate of drug-likeness (QED) is 0.624. The fourth-order valence-corrected chi connectivity index (χ4v) is 4.56. The van der Waals surface area contributed by atoms with E-state index in [1.807, 2.05) is 6.33 Å². The molecule has 3 aromatic rings. The number of fused-ring (bicyclic) bond motifs is 2. The fourth-order valence-electron chi connectivity index (χ4n) is 4.56. The standard InChI is InChI=1S/C22H28N6.2ClH/c1-2-5-17(6-3-1)7-8-18-13-27(15-21-22(18)25-16-24-21)14-19-11-20-12-23-9-4-10-28(20)26-19;;/h1-3,5-6,11,16,18,23H,4,7-10,12-15H2,(H,24,25);2*1H. The third-order valence-electron chi connectivity index (χ3n) is 5.95. The predicted molar refractivity (Wildman–Crippen MR) is 123 cm³/mol. The van der Waals surface area contributed by atoms with E-state index in [0.29, 0.717) is 5.92 Å². The lowest BCUT2D eigenvalue weighted by atomic mass is 9.92. The van der Waals surface area contributed by atoms with Crippen molar-refractivity contribution < 1.29 is 0 Å². The highest BCUT2D eigenvalue weighted by atomic mass is 35.5. The van der Waals surface area contributed by atoms with Gasteiger partial charge in [-0.15, -0.1) is 24.8 Å². The molecule has 2 aromatic heterocycles. The van der Waals surface area contributed by atoms with Crippen molar-refractivity contribution in [3.05, 3.63) is 71.1 Å². The van der Waals surface area contributed by atoms with Crippen LogP contribution in [0.4, 0.5) is 0 Å². The van der Waals surface area contributed by atoms with Crippen LogP contribution in [0.3, 0.4) is 0 Å². The maximum Gasteiger partial charge on any atom is 0.0925 e. The molecule has 0 aliphatic carbocycles. The van der Waals surface area contributed by atoms with E-state index in [-0.39, 0.29) is 24.8 Å².